The standard InChI is InChI=1S/C20H24N2O5S/c1-12(2)27-15-8-6-14(7-9-15)21-20(28)22-19(23)13-10-16(24-3)18(26-5)17(11-13)25-4/h6-12H,1-5H3,(H2,21,22,23,28). The molecule has 0 aliphatic carbocycles. The first-order chi connectivity index (χ1) is 13.4. The van der Waals surface area contributed by atoms with Gasteiger partial charge in [-0.05, 0) is 62.5 Å². The SMILES string of the molecule is COc1cc(C(=O)NC(=S)Nc2ccc(OC(C)C)cc2)cc(OC)c1OC. The molecule has 0 fully saturated rings. The molecule has 0 aliphatic heterocycles. The van der Waals surface area contributed by atoms with E-state index in [1.54, 1.807) is 12.1 Å². The van der Waals surface area contributed by atoms with Gasteiger partial charge in [-0.25, -0.2) is 0 Å². The lowest BCUT2D eigenvalue weighted by Crippen LogP contribution is -2.34. The lowest BCUT2D eigenvalue weighted by Gasteiger charge is -2.15. The van der Waals surface area contributed by atoms with Crippen molar-refractivity contribution in [1.29, 1.82) is 0 Å². The number of thiocarbonyl (C=S) groups is 1. The summed E-state index contributed by atoms with van der Waals surface area (Å²) in [6, 6.07) is 10.4. The van der Waals surface area contributed by atoms with E-state index in [1.807, 2.05) is 38.1 Å². The van der Waals surface area contributed by atoms with E-state index in [0.717, 1.165) is 11.4 Å². The van der Waals surface area contributed by atoms with E-state index in [9.17, 15) is 4.79 Å². The molecule has 1 amide bonds. The van der Waals surface area contributed by atoms with Crippen LogP contribution in [0.15, 0.2) is 36.4 Å². The van der Waals surface area contributed by atoms with E-state index >= 15 is 0 Å². The summed E-state index contributed by atoms with van der Waals surface area (Å²) in [5, 5.41) is 5.75. The summed E-state index contributed by atoms with van der Waals surface area (Å²) in [7, 11) is 4.46. The molecular weight excluding hydrogens is 380 g/mol. The molecule has 0 aliphatic rings. The van der Waals surface area contributed by atoms with Gasteiger partial charge < -0.3 is 24.3 Å². The molecule has 0 atom stereocenters. The molecule has 0 heterocycles. The number of methoxy groups -OCH3 is 3. The summed E-state index contributed by atoms with van der Waals surface area (Å²) in [5.41, 5.74) is 1.05. The van der Waals surface area contributed by atoms with Crippen LogP contribution in [0.25, 0.3) is 0 Å². The third-order valence-electron chi connectivity index (χ3n) is 3.64. The number of carbonyl (C=O) groups excluding carboxylic acids is 1. The van der Waals surface area contributed by atoms with Crippen LogP contribution in [0, 0.1) is 0 Å². The third-order valence-corrected chi connectivity index (χ3v) is 3.84. The van der Waals surface area contributed by atoms with E-state index in [-0.39, 0.29) is 11.2 Å². The molecule has 2 aromatic carbocycles. The van der Waals surface area contributed by atoms with Crippen LogP contribution in [0.2, 0.25) is 0 Å². The van der Waals surface area contributed by atoms with Crippen LogP contribution in [0.3, 0.4) is 0 Å². The molecule has 0 saturated carbocycles. The van der Waals surface area contributed by atoms with Crippen LogP contribution in [0.1, 0.15) is 24.2 Å². The van der Waals surface area contributed by atoms with Crippen LogP contribution >= 0.6 is 12.2 Å². The Bertz CT molecular complexity index is 812. The maximum atomic E-state index is 12.5. The minimum Gasteiger partial charge on any atom is -0.493 e. The average molecular weight is 404 g/mol. The molecule has 0 unspecified atom stereocenters. The van der Waals surface area contributed by atoms with E-state index < -0.39 is 5.91 Å². The van der Waals surface area contributed by atoms with Crippen LogP contribution in [-0.2, 0) is 0 Å². The molecule has 7 nitrogen and oxygen atoms in total. The normalized spacial score (nSPS) is 10.2. The van der Waals surface area contributed by atoms with Gasteiger partial charge in [0.15, 0.2) is 16.6 Å². The first kappa shape index (κ1) is 21.3. The number of hydrogen-bond donors (Lipinski definition) is 2. The molecule has 2 N–H and O–H groups in total. The smallest absolute Gasteiger partial charge is 0.257 e. The number of anilines is 1. The molecule has 0 saturated heterocycles. The van der Waals surface area contributed by atoms with Crippen molar-refractivity contribution in [3.05, 3.63) is 42.0 Å². The molecule has 28 heavy (non-hydrogen) atoms. The molecule has 0 bridgehead atoms. The maximum absolute atomic E-state index is 12.5. The first-order valence-electron chi connectivity index (χ1n) is 8.57. The second-order valence-corrected chi connectivity index (χ2v) is 6.42. The summed E-state index contributed by atoms with van der Waals surface area (Å²) in [5.74, 6) is 1.52. The number of hydrogen-bond acceptors (Lipinski definition) is 6. The van der Waals surface area contributed by atoms with Crippen molar-refractivity contribution >= 4 is 28.9 Å². The lowest BCUT2D eigenvalue weighted by molar-refractivity contribution is 0.0977. The van der Waals surface area contributed by atoms with Crippen molar-refractivity contribution < 1.29 is 23.7 Å². The Morgan fingerprint density at radius 3 is 2.00 bits per heavy atom. The Kier molecular flexibility index (Phi) is 7.45. The lowest BCUT2D eigenvalue weighted by atomic mass is 10.1. The van der Waals surface area contributed by atoms with E-state index in [4.69, 9.17) is 31.2 Å². The number of amides is 1. The second kappa shape index (κ2) is 9.80. The molecule has 0 spiro atoms. The topological polar surface area (TPSA) is 78.1 Å². The quantitative estimate of drug-likeness (QED) is 0.683. The van der Waals surface area contributed by atoms with Gasteiger partial charge in [-0.15, -0.1) is 0 Å². The predicted molar refractivity (Wildman–Crippen MR) is 112 cm³/mol. The highest BCUT2D eigenvalue weighted by atomic mass is 32.1. The molecular formula is C20H24N2O5S. The summed E-state index contributed by atoms with van der Waals surface area (Å²) < 4.78 is 21.4. The number of carbonyl (C=O) groups is 1. The Balaban J connectivity index is 2.07. The number of benzene rings is 2. The van der Waals surface area contributed by atoms with Gasteiger partial charge in [-0.1, -0.05) is 0 Å². The zero-order chi connectivity index (χ0) is 20.7. The molecule has 2 rings (SSSR count). The van der Waals surface area contributed by atoms with Gasteiger partial charge in [0.2, 0.25) is 5.75 Å². The van der Waals surface area contributed by atoms with Crippen molar-refractivity contribution in [1.82, 2.24) is 5.32 Å². The van der Waals surface area contributed by atoms with Gasteiger partial charge in [0.1, 0.15) is 5.75 Å². The fourth-order valence-corrected chi connectivity index (χ4v) is 2.65. The minimum absolute atomic E-state index is 0.0950. The monoisotopic (exact) mass is 404 g/mol. The second-order valence-electron chi connectivity index (χ2n) is 6.01. The summed E-state index contributed by atoms with van der Waals surface area (Å²) in [6.45, 7) is 3.92. The largest absolute Gasteiger partial charge is 0.493 e. The van der Waals surface area contributed by atoms with Crippen LogP contribution in [0.4, 0.5) is 5.69 Å². The zero-order valence-electron chi connectivity index (χ0n) is 16.5. The van der Waals surface area contributed by atoms with Crippen molar-refractivity contribution in [3.63, 3.8) is 0 Å². The average Bonchev–Trinajstić information content (AvgIpc) is 2.67. The van der Waals surface area contributed by atoms with Gasteiger partial charge in [0, 0.05) is 11.3 Å². The Hall–Kier alpha value is -3.00. The molecule has 2 aromatic rings. The highest BCUT2D eigenvalue weighted by Crippen LogP contribution is 2.38. The van der Waals surface area contributed by atoms with Crippen LogP contribution < -0.4 is 29.6 Å². The van der Waals surface area contributed by atoms with Crippen molar-refractivity contribution in [2.24, 2.45) is 0 Å². The highest BCUT2D eigenvalue weighted by Gasteiger charge is 2.17. The summed E-state index contributed by atoms with van der Waals surface area (Å²) in [6.07, 6.45) is 0.0950. The molecule has 150 valence electrons. The van der Waals surface area contributed by atoms with Gasteiger partial charge in [0.05, 0.1) is 27.4 Å². The van der Waals surface area contributed by atoms with Crippen molar-refractivity contribution in [2.45, 2.75) is 20.0 Å². The third kappa shape index (κ3) is 5.50. The number of rotatable bonds is 7. The van der Waals surface area contributed by atoms with Crippen LogP contribution in [0.5, 0.6) is 23.0 Å². The van der Waals surface area contributed by atoms with E-state index in [2.05, 4.69) is 10.6 Å². The highest BCUT2D eigenvalue weighted by molar-refractivity contribution is 7.80. The summed E-state index contributed by atoms with van der Waals surface area (Å²) in [4.78, 5) is 12.5. The Morgan fingerprint density at radius 1 is 0.964 bits per heavy atom. The van der Waals surface area contributed by atoms with Gasteiger partial charge >= 0.3 is 0 Å². The van der Waals surface area contributed by atoms with Gasteiger partial charge in [-0.3, -0.25) is 10.1 Å². The molecule has 0 aromatic heterocycles. The Labute approximate surface area is 169 Å². The maximum Gasteiger partial charge on any atom is 0.257 e. The fourth-order valence-electron chi connectivity index (χ4n) is 2.44. The van der Waals surface area contributed by atoms with Crippen LogP contribution in [-0.4, -0.2) is 38.5 Å². The number of ether oxygens (including phenoxy) is 4. The number of nitrogens with one attached hydrogen (secondary N) is 2. The zero-order valence-corrected chi connectivity index (χ0v) is 17.3. The first-order valence-corrected chi connectivity index (χ1v) is 8.97. The minimum atomic E-state index is -0.406. The van der Waals surface area contributed by atoms with Crippen molar-refractivity contribution in [3.8, 4) is 23.0 Å². The molecule has 8 heteroatoms. The van der Waals surface area contributed by atoms with E-state index in [1.165, 1.54) is 21.3 Å². The van der Waals surface area contributed by atoms with Gasteiger partial charge in [-0.2, -0.15) is 0 Å². The summed E-state index contributed by atoms with van der Waals surface area (Å²) >= 11 is 5.22. The van der Waals surface area contributed by atoms with Gasteiger partial charge in [0.25, 0.3) is 5.91 Å². The Morgan fingerprint density at radius 2 is 1.54 bits per heavy atom. The molecule has 0 radical (unpaired) electrons. The van der Waals surface area contributed by atoms with Crippen molar-refractivity contribution in [2.75, 3.05) is 26.6 Å². The fraction of sp³-hybridized carbons (Fsp3) is 0.300. The predicted octanol–water partition coefficient (Wildman–Crippen LogP) is 3.63. The van der Waals surface area contributed by atoms with E-state index in [0.29, 0.717) is 22.8 Å².